The minimum absolute atomic E-state index is 0.0326. The summed E-state index contributed by atoms with van der Waals surface area (Å²) in [7, 11) is 2.24. The zero-order valence-corrected chi connectivity index (χ0v) is 18.2. The monoisotopic (exact) mass is 411 g/mol. The van der Waals surface area contributed by atoms with Gasteiger partial charge in [0.05, 0.1) is 5.56 Å². The highest BCUT2D eigenvalue weighted by atomic mass is 16.4. The van der Waals surface area contributed by atoms with Crippen molar-refractivity contribution in [2.24, 2.45) is 0 Å². The van der Waals surface area contributed by atoms with E-state index in [2.05, 4.69) is 41.3 Å². The number of fused-ring (bicyclic) bond motifs is 3. The Balaban J connectivity index is 1.36. The lowest BCUT2D eigenvalue weighted by molar-refractivity contribution is 0.0463. The maximum Gasteiger partial charge on any atom is 0.298 e. The second kappa shape index (κ2) is 7.85. The summed E-state index contributed by atoms with van der Waals surface area (Å²) >= 11 is 0. The lowest BCUT2D eigenvalue weighted by Crippen LogP contribution is -2.55. The first-order valence-corrected chi connectivity index (χ1v) is 11.4. The number of nitrogens with one attached hydrogen (secondary N) is 2. The number of nitrogens with zero attached hydrogens (tertiary/aromatic N) is 3. The molecular formula is C23H33N5O2. The van der Waals surface area contributed by atoms with Gasteiger partial charge in [0.1, 0.15) is 5.52 Å². The summed E-state index contributed by atoms with van der Waals surface area (Å²) in [6, 6.07) is 8.36. The zero-order valence-electron chi connectivity index (χ0n) is 18.2. The molecule has 0 saturated carbocycles. The first kappa shape index (κ1) is 19.8. The number of hydrogen-bond donors (Lipinski definition) is 2. The van der Waals surface area contributed by atoms with E-state index in [4.69, 9.17) is 9.40 Å². The fourth-order valence-electron chi connectivity index (χ4n) is 5.53. The maximum atomic E-state index is 13.2. The van der Waals surface area contributed by atoms with Crippen LogP contribution in [0, 0.1) is 0 Å². The minimum Gasteiger partial charge on any atom is -0.423 e. The predicted molar refractivity (Wildman–Crippen MR) is 118 cm³/mol. The summed E-state index contributed by atoms with van der Waals surface area (Å²) < 4.78 is 6.08. The highest BCUT2D eigenvalue weighted by molar-refractivity contribution is 6.04. The van der Waals surface area contributed by atoms with E-state index in [0.717, 1.165) is 25.9 Å². The van der Waals surface area contributed by atoms with Crippen molar-refractivity contribution in [2.45, 2.75) is 76.2 Å². The highest BCUT2D eigenvalue weighted by Crippen LogP contribution is 2.33. The van der Waals surface area contributed by atoms with E-state index in [9.17, 15) is 4.79 Å². The zero-order chi connectivity index (χ0) is 20.8. The number of amides is 1. The number of benzene rings is 1. The van der Waals surface area contributed by atoms with Crippen molar-refractivity contribution in [3.8, 4) is 0 Å². The number of piperazine rings is 1. The van der Waals surface area contributed by atoms with E-state index < -0.39 is 0 Å². The molecule has 30 heavy (non-hydrogen) atoms. The Labute approximate surface area is 178 Å². The molecule has 5 rings (SSSR count). The Morgan fingerprint density at radius 2 is 2.00 bits per heavy atom. The lowest BCUT2D eigenvalue weighted by atomic mass is 9.82. The molecule has 162 valence electrons. The molecule has 7 nitrogen and oxygen atoms in total. The molecule has 2 bridgehead atoms. The third-order valence-electron chi connectivity index (χ3n) is 7.34. The molecule has 2 aromatic rings. The highest BCUT2D eigenvalue weighted by Gasteiger charge is 2.36. The third-order valence-corrected chi connectivity index (χ3v) is 7.34. The standard InChI is InChI=1S/C23H33N5O2/c1-14-13-28(15(2)12-24-14)23-26-21-19(8-5-9-20(21)30-23)22(29)25-16-10-17-6-4-7-18(11-16)27(17)3/h5,8-9,14-18,24H,4,6-7,10-13H2,1-3H3,(H,25,29)/t14-,15-,16?,17?,18?/m0/s1. The van der Waals surface area contributed by atoms with Gasteiger partial charge in [-0.05, 0) is 58.7 Å². The fraction of sp³-hybridized carbons (Fsp3) is 0.652. The van der Waals surface area contributed by atoms with Gasteiger partial charge in [-0.2, -0.15) is 4.98 Å². The summed E-state index contributed by atoms with van der Waals surface area (Å²) in [6.45, 7) is 6.06. The second-order valence-corrected chi connectivity index (χ2v) is 9.51. The normalized spacial score (nSPS) is 32.4. The summed E-state index contributed by atoms with van der Waals surface area (Å²) in [5.41, 5.74) is 1.95. The summed E-state index contributed by atoms with van der Waals surface area (Å²) in [5.74, 6) is -0.0326. The predicted octanol–water partition coefficient (Wildman–Crippen LogP) is 2.76. The molecule has 3 aliphatic heterocycles. The van der Waals surface area contributed by atoms with Gasteiger partial charge in [-0.3, -0.25) is 4.79 Å². The van der Waals surface area contributed by atoms with Crippen LogP contribution in [0.5, 0.6) is 0 Å². The van der Waals surface area contributed by atoms with Gasteiger partial charge in [0, 0.05) is 43.3 Å². The quantitative estimate of drug-likeness (QED) is 0.809. The number of piperidine rings is 2. The number of carbonyl (C=O) groups is 1. The second-order valence-electron chi connectivity index (χ2n) is 9.51. The first-order chi connectivity index (χ1) is 14.5. The Morgan fingerprint density at radius 1 is 1.23 bits per heavy atom. The van der Waals surface area contributed by atoms with Gasteiger partial charge in [0.25, 0.3) is 11.9 Å². The van der Waals surface area contributed by atoms with Gasteiger partial charge in [-0.1, -0.05) is 12.5 Å². The van der Waals surface area contributed by atoms with Crippen LogP contribution in [0.1, 0.15) is 56.3 Å². The molecule has 0 radical (unpaired) electrons. The van der Waals surface area contributed by atoms with E-state index in [-0.39, 0.29) is 11.9 Å². The van der Waals surface area contributed by atoms with E-state index >= 15 is 0 Å². The molecule has 1 aromatic heterocycles. The van der Waals surface area contributed by atoms with Gasteiger partial charge in [0.15, 0.2) is 5.58 Å². The number of aromatic nitrogens is 1. The Bertz CT molecular complexity index is 913. The maximum absolute atomic E-state index is 13.2. The summed E-state index contributed by atoms with van der Waals surface area (Å²) in [5, 5.41) is 6.79. The molecule has 2 unspecified atom stereocenters. The van der Waals surface area contributed by atoms with Crippen molar-refractivity contribution in [2.75, 3.05) is 25.0 Å². The average molecular weight is 412 g/mol. The number of carbonyl (C=O) groups excluding carboxylic acids is 1. The molecule has 7 heteroatoms. The average Bonchev–Trinajstić information content (AvgIpc) is 3.14. The number of oxazole rings is 1. The van der Waals surface area contributed by atoms with Crippen LogP contribution in [-0.4, -0.2) is 66.1 Å². The Morgan fingerprint density at radius 3 is 2.77 bits per heavy atom. The molecule has 1 aromatic carbocycles. The van der Waals surface area contributed by atoms with E-state index in [0.29, 0.717) is 46.8 Å². The van der Waals surface area contributed by atoms with Crippen LogP contribution in [0.2, 0.25) is 0 Å². The van der Waals surface area contributed by atoms with Crippen molar-refractivity contribution in [1.82, 2.24) is 20.5 Å². The molecule has 4 heterocycles. The largest absolute Gasteiger partial charge is 0.423 e. The van der Waals surface area contributed by atoms with E-state index in [1.165, 1.54) is 19.3 Å². The molecule has 2 N–H and O–H groups in total. The van der Waals surface area contributed by atoms with Crippen molar-refractivity contribution < 1.29 is 9.21 Å². The van der Waals surface area contributed by atoms with Gasteiger partial charge < -0.3 is 24.9 Å². The number of hydrogen-bond acceptors (Lipinski definition) is 6. The first-order valence-electron chi connectivity index (χ1n) is 11.4. The molecule has 4 atom stereocenters. The molecule has 0 spiro atoms. The third kappa shape index (κ3) is 3.58. The van der Waals surface area contributed by atoms with Crippen molar-refractivity contribution in [3.63, 3.8) is 0 Å². The number of anilines is 1. The fourth-order valence-corrected chi connectivity index (χ4v) is 5.53. The molecule has 3 saturated heterocycles. The van der Waals surface area contributed by atoms with Crippen LogP contribution in [0.15, 0.2) is 22.6 Å². The molecular weight excluding hydrogens is 378 g/mol. The van der Waals surface area contributed by atoms with Crippen molar-refractivity contribution in [3.05, 3.63) is 23.8 Å². The van der Waals surface area contributed by atoms with Gasteiger partial charge in [0.2, 0.25) is 0 Å². The van der Waals surface area contributed by atoms with Gasteiger partial charge in [-0.15, -0.1) is 0 Å². The topological polar surface area (TPSA) is 73.6 Å². The van der Waals surface area contributed by atoms with Gasteiger partial charge >= 0.3 is 0 Å². The Hall–Kier alpha value is -2.12. The van der Waals surface area contributed by atoms with Crippen molar-refractivity contribution in [1.29, 1.82) is 0 Å². The Kier molecular flexibility index (Phi) is 5.19. The number of rotatable bonds is 3. The van der Waals surface area contributed by atoms with E-state index in [1.54, 1.807) is 0 Å². The summed E-state index contributed by atoms with van der Waals surface area (Å²) in [4.78, 5) is 22.7. The van der Waals surface area contributed by atoms with Crippen LogP contribution in [0.3, 0.4) is 0 Å². The minimum atomic E-state index is -0.0326. The van der Waals surface area contributed by atoms with Crippen LogP contribution >= 0.6 is 0 Å². The van der Waals surface area contributed by atoms with Crippen LogP contribution in [0.4, 0.5) is 6.01 Å². The van der Waals surface area contributed by atoms with Gasteiger partial charge in [-0.25, -0.2) is 0 Å². The van der Waals surface area contributed by atoms with E-state index in [1.807, 2.05) is 18.2 Å². The SMILES string of the molecule is C[C@H]1CN(c2nc3c(C(=O)NC4CC5CCCC(C4)N5C)cccc3o2)[C@@H](C)CN1. The van der Waals surface area contributed by atoms with Crippen LogP contribution < -0.4 is 15.5 Å². The van der Waals surface area contributed by atoms with Crippen LogP contribution in [0.25, 0.3) is 11.1 Å². The number of para-hydroxylation sites is 1. The molecule has 1 amide bonds. The summed E-state index contributed by atoms with van der Waals surface area (Å²) in [6.07, 6.45) is 5.86. The molecule has 3 fully saturated rings. The van der Waals surface area contributed by atoms with Crippen LogP contribution in [-0.2, 0) is 0 Å². The van der Waals surface area contributed by atoms with Crippen molar-refractivity contribution >= 4 is 23.0 Å². The lowest BCUT2D eigenvalue weighted by Gasteiger charge is -2.47. The molecule has 3 aliphatic rings. The molecule has 0 aliphatic carbocycles. The smallest absolute Gasteiger partial charge is 0.298 e.